The van der Waals surface area contributed by atoms with Gasteiger partial charge in [0, 0.05) is 39.1 Å². The summed E-state index contributed by atoms with van der Waals surface area (Å²) in [6, 6.07) is 7.01. The Morgan fingerprint density at radius 2 is 1.65 bits per heavy atom. The molecule has 0 bridgehead atoms. The molecule has 2 aliphatic rings. The second-order valence-corrected chi connectivity index (χ2v) is 8.68. The van der Waals surface area contributed by atoms with Gasteiger partial charge in [0.05, 0.1) is 4.90 Å². The lowest BCUT2D eigenvalue weighted by Gasteiger charge is -2.20. The van der Waals surface area contributed by atoms with E-state index in [2.05, 4.69) is 5.32 Å². The first kappa shape index (κ1) is 21.2. The Morgan fingerprint density at radius 3 is 2.35 bits per heavy atom. The summed E-state index contributed by atoms with van der Waals surface area (Å²) in [4.78, 5) is 14.6. The number of carbonyl (C=O) groups excluding carboxylic acids is 1. The van der Waals surface area contributed by atoms with Gasteiger partial charge in [-0.2, -0.15) is 4.31 Å². The van der Waals surface area contributed by atoms with Gasteiger partial charge >= 0.3 is 0 Å². The van der Waals surface area contributed by atoms with E-state index in [1.165, 1.54) is 0 Å². The Bertz CT molecular complexity index is 680. The quantitative estimate of drug-likeness (QED) is 0.814. The number of rotatable bonds is 5. The number of sulfonamides is 1. The van der Waals surface area contributed by atoms with E-state index < -0.39 is 10.0 Å². The van der Waals surface area contributed by atoms with Crippen molar-refractivity contribution in [3.63, 3.8) is 0 Å². The first-order chi connectivity index (χ1) is 12.1. The van der Waals surface area contributed by atoms with Gasteiger partial charge in [0.2, 0.25) is 15.9 Å². The molecule has 0 spiro atoms. The van der Waals surface area contributed by atoms with Crippen LogP contribution in [0.5, 0.6) is 0 Å². The van der Waals surface area contributed by atoms with Crippen molar-refractivity contribution >= 4 is 28.3 Å². The minimum atomic E-state index is -3.36. The molecule has 1 aromatic rings. The lowest BCUT2D eigenvalue weighted by molar-refractivity contribution is -0.130. The fourth-order valence-electron chi connectivity index (χ4n) is 3.41. The molecule has 146 valence electrons. The Hall–Kier alpha value is -1.15. The average molecular weight is 402 g/mol. The molecule has 0 atom stereocenters. The molecule has 1 aromatic carbocycles. The Balaban J connectivity index is 0.00000243. The van der Waals surface area contributed by atoms with Gasteiger partial charge in [-0.05, 0) is 49.9 Å². The SMILES string of the molecule is Cl.O=C(CCc1ccc(S(=O)(=O)N2CCCC2)cc1)N1CCCNCC1. The molecule has 2 fully saturated rings. The third kappa shape index (κ3) is 5.19. The fourth-order valence-corrected chi connectivity index (χ4v) is 4.93. The molecule has 1 N–H and O–H groups in total. The Labute approximate surface area is 162 Å². The number of hydrogen-bond donors (Lipinski definition) is 1. The first-order valence-electron chi connectivity index (χ1n) is 9.15. The number of halogens is 1. The summed E-state index contributed by atoms with van der Waals surface area (Å²) in [5, 5.41) is 3.29. The number of carbonyl (C=O) groups is 1. The molecule has 2 saturated heterocycles. The largest absolute Gasteiger partial charge is 0.341 e. The highest BCUT2D eigenvalue weighted by Crippen LogP contribution is 2.21. The van der Waals surface area contributed by atoms with Gasteiger partial charge in [0.25, 0.3) is 0 Å². The van der Waals surface area contributed by atoms with Gasteiger partial charge in [-0.1, -0.05) is 12.1 Å². The molecule has 6 nitrogen and oxygen atoms in total. The third-order valence-electron chi connectivity index (χ3n) is 4.95. The zero-order valence-electron chi connectivity index (χ0n) is 15.0. The van der Waals surface area contributed by atoms with Crippen molar-refractivity contribution < 1.29 is 13.2 Å². The molecule has 3 rings (SSSR count). The lowest BCUT2D eigenvalue weighted by Crippen LogP contribution is -2.34. The molecular weight excluding hydrogens is 374 g/mol. The van der Waals surface area contributed by atoms with Crippen LogP contribution in [0.3, 0.4) is 0 Å². The predicted molar refractivity (Wildman–Crippen MR) is 104 cm³/mol. The normalized spacial score (nSPS) is 19.0. The fraction of sp³-hybridized carbons (Fsp3) is 0.611. The molecule has 2 heterocycles. The highest BCUT2D eigenvalue weighted by atomic mass is 35.5. The third-order valence-corrected chi connectivity index (χ3v) is 6.86. The van der Waals surface area contributed by atoms with E-state index in [1.807, 2.05) is 17.0 Å². The molecule has 0 aromatic heterocycles. The van der Waals surface area contributed by atoms with Crippen LogP contribution in [-0.4, -0.2) is 62.8 Å². The van der Waals surface area contributed by atoms with E-state index in [9.17, 15) is 13.2 Å². The van der Waals surface area contributed by atoms with E-state index in [0.717, 1.165) is 51.0 Å². The summed E-state index contributed by atoms with van der Waals surface area (Å²) in [6.07, 6.45) is 3.98. The second kappa shape index (κ2) is 9.69. The zero-order chi connectivity index (χ0) is 17.7. The van der Waals surface area contributed by atoms with E-state index in [4.69, 9.17) is 0 Å². The molecule has 0 aliphatic carbocycles. The lowest BCUT2D eigenvalue weighted by atomic mass is 10.1. The van der Waals surface area contributed by atoms with Gasteiger partial charge < -0.3 is 10.2 Å². The van der Waals surface area contributed by atoms with Crippen molar-refractivity contribution in [1.82, 2.24) is 14.5 Å². The van der Waals surface area contributed by atoms with Crippen LogP contribution in [0.25, 0.3) is 0 Å². The topological polar surface area (TPSA) is 69.7 Å². The number of benzene rings is 1. The van der Waals surface area contributed by atoms with Crippen LogP contribution in [0.2, 0.25) is 0 Å². The van der Waals surface area contributed by atoms with E-state index in [0.29, 0.717) is 30.8 Å². The van der Waals surface area contributed by atoms with Crippen LogP contribution in [0, 0.1) is 0 Å². The van der Waals surface area contributed by atoms with E-state index in [1.54, 1.807) is 16.4 Å². The summed E-state index contributed by atoms with van der Waals surface area (Å²) < 4.78 is 26.6. The molecule has 2 aliphatic heterocycles. The van der Waals surface area contributed by atoms with Gasteiger partial charge in [0.1, 0.15) is 0 Å². The Morgan fingerprint density at radius 1 is 0.962 bits per heavy atom. The van der Waals surface area contributed by atoms with Gasteiger partial charge in [0.15, 0.2) is 0 Å². The second-order valence-electron chi connectivity index (χ2n) is 6.74. The summed E-state index contributed by atoms with van der Waals surface area (Å²) >= 11 is 0. The molecule has 0 saturated carbocycles. The maximum atomic E-state index is 12.5. The summed E-state index contributed by atoms with van der Waals surface area (Å²) in [5.41, 5.74) is 1.00. The molecule has 0 unspecified atom stereocenters. The number of nitrogens with one attached hydrogen (secondary N) is 1. The van der Waals surface area contributed by atoms with Gasteiger partial charge in [-0.3, -0.25) is 4.79 Å². The van der Waals surface area contributed by atoms with Crippen molar-refractivity contribution in [2.24, 2.45) is 0 Å². The van der Waals surface area contributed by atoms with Gasteiger partial charge in [-0.15, -0.1) is 12.4 Å². The summed E-state index contributed by atoms with van der Waals surface area (Å²) in [7, 11) is -3.36. The summed E-state index contributed by atoms with van der Waals surface area (Å²) in [6.45, 7) is 4.64. The minimum Gasteiger partial charge on any atom is -0.341 e. The van der Waals surface area contributed by atoms with E-state index >= 15 is 0 Å². The maximum Gasteiger partial charge on any atom is 0.243 e. The Kier molecular flexibility index (Phi) is 7.88. The van der Waals surface area contributed by atoms with Crippen LogP contribution in [-0.2, 0) is 21.2 Å². The molecule has 0 radical (unpaired) electrons. The van der Waals surface area contributed by atoms with Crippen molar-refractivity contribution in [2.75, 3.05) is 39.3 Å². The highest BCUT2D eigenvalue weighted by molar-refractivity contribution is 7.89. The monoisotopic (exact) mass is 401 g/mol. The van der Waals surface area contributed by atoms with Crippen molar-refractivity contribution in [3.8, 4) is 0 Å². The van der Waals surface area contributed by atoms with E-state index in [-0.39, 0.29) is 18.3 Å². The average Bonchev–Trinajstić information content (AvgIpc) is 3.04. The number of hydrogen-bond acceptors (Lipinski definition) is 4. The van der Waals surface area contributed by atoms with Crippen LogP contribution in [0.4, 0.5) is 0 Å². The predicted octanol–water partition coefficient (Wildman–Crippen LogP) is 1.65. The molecule has 26 heavy (non-hydrogen) atoms. The summed E-state index contributed by atoms with van der Waals surface area (Å²) in [5.74, 6) is 0.178. The van der Waals surface area contributed by atoms with Crippen molar-refractivity contribution in [1.29, 1.82) is 0 Å². The maximum absolute atomic E-state index is 12.5. The first-order valence-corrected chi connectivity index (χ1v) is 10.6. The van der Waals surface area contributed by atoms with Crippen LogP contribution >= 0.6 is 12.4 Å². The van der Waals surface area contributed by atoms with Crippen LogP contribution in [0.15, 0.2) is 29.2 Å². The zero-order valence-corrected chi connectivity index (χ0v) is 16.7. The number of aryl methyl sites for hydroxylation is 1. The van der Waals surface area contributed by atoms with Gasteiger partial charge in [-0.25, -0.2) is 8.42 Å². The number of nitrogens with zero attached hydrogens (tertiary/aromatic N) is 2. The van der Waals surface area contributed by atoms with Crippen molar-refractivity contribution in [2.45, 2.75) is 37.0 Å². The molecule has 8 heteroatoms. The number of amides is 1. The smallest absolute Gasteiger partial charge is 0.243 e. The van der Waals surface area contributed by atoms with Crippen LogP contribution in [0.1, 0.15) is 31.2 Å². The minimum absolute atomic E-state index is 0. The standard InChI is InChI=1S/C18H27N3O3S.ClH/c22-18(20-12-3-10-19-11-15-20)9-6-16-4-7-17(8-5-16)25(23,24)21-13-1-2-14-21;/h4-5,7-8,19H,1-3,6,9-15H2;1H. The van der Waals surface area contributed by atoms with Crippen molar-refractivity contribution in [3.05, 3.63) is 29.8 Å². The highest BCUT2D eigenvalue weighted by Gasteiger charge is 2.26. The molecular formula is C18H28ClN3O3S. The van der Waals surface area contributed by atoms with Crippen LogP contribution < -0.4 is 5.32 Å². The molecule has 1 amide bonds.